The van der Waals surface area contributed by atoms with E-state index in [0.717, 1.165) is 30.3 Å². The van der Waals surface area contributed by atoms with Crippen LogP contribution in [0.4, 0.5) is 40.8 Å². The molecular weight excluding hydrogens is 610 g/mol. The van der Waals surface area contributed by atoms with Gasteiger partial charge < -0.3 is 10.6 Å². The van der Waals surface area contributed by atoms with Crippen LogP contribution in [0.3, 0.4) is 0 Å². The maximum Gasteiger partial charge on any atom is 0.435 e. The van der Waals surface area contributed by atoms with Crippen LogP contribution in [0.1, 0.15) is 29.5 Å². The lowest BCUT2D eigenvalue weighted by Gasteiger charge is -2.43. The number of alkyl halides is 7. The molecule has 43 heavy (non-hydrogen) atoms. The van der Waals surface area contributed by atoms with Crippen molar-refractivity contribution in [2.75, 3.05) is 11.9 Å². The summed E-state index contributed by atoms with van der Waals surface area (Å²) in [6.45, 7) is -0.297. The molecule has 15 heteroatoms. The minimum atomic E-state index is -6.37. The number of carbonyl (C=O) groups is 1. The van der Waals surface area contributed by atoms with Crippen molar-refractivity contribution < 1.29 is 48.3 Å². The zero-order chi connectivity index (χ0) is 31.4. The zero-order valence-electron chi connectivity index (χ0n) is 21.9. The van der Waals surface area contributed by atoms with E-state index in [1.807, 2.05) is 0 Å². The standard InChI is InChI=1S/C28H23F8N3O3S/c29-18-2-4-19(5-3-18)43(41,42)25-10-7-22(39-24(40)13-16-8-11-37-12-9-16)21(25)15-38-23-14-17(1-6-20(23)25)26(30,27(31,32)33)28(34,35)36/h1-6,8-9,11-12,14,21-22,38H,7,10,13,15H2,(H,39,40)/t21-,22+,25?/m0/s1. The van der Waals surface area contributed by atoms with Crippen LogP contribution >= 0.6 is 0 Å². The zero-order valence-corrected chi connectivity index (χ0v) is 22.8. The molecule has 1 unspecified atom stereocenters. The molecule has 5 rings (SSSR count). The summed E-state index contributed by atoms with van der Waals surface area (Å²) in [5, 5.41) is 5.48. The summed E-state index contributed by atoms with van der Waals surface area (Å²) in [6, 6.07) is 7.59. The van der Waals surface area contributed by atoms with Gasteiger partial charge in [-0.05, 0) is 66.4 Å². The summed E-state index contributed by atoms with van der Waals surface area (Å²) in [6.07, 6.45) is -9.95. The van der Waals surface area contributed by atoms with E-state index in [1.54, 1.807) is 12.1 Å². The maximum atomic E-state index is 14.9. The first kappa shape index (κ1) is 30.7. The molecule has 0 radical (unpaired) electrons. The number of sulfone groups is 1. The van der Waals surface area contributed by atoms with Gasteiger partial charge in [-0.3, -0.25) is 9.78 Å². The number of amides is 1. The fourth-order valence-electron chi connectivity index (χ4n) is 6.12. The molecule has 2 aromatic carbocycles. The van der Waals surface area contributed by atoms with Gasteiger partial charge in [0.1, 0.15) is 10.6 Å². The third-order valence-electron chi connectivity index (χ3n) is 8.14. The number of fused-ring (bicyclic) bond motifs is 3. The second-order valence-electron chi connectivity index (χ2n) is 10.5. The second-order valence-corrected chi connectivity index (χ2v) is 12.7. The molecule has 0 saturated heterocycles. The molecule has 2 heterocycles. The molecule has 1 amide bonds. The smallest absolute Gasteiger partial charge is 0.384 e. The molecule has 1 aromatic heterocycles. The molecule has 230 valence electrons. The fourth-order valence-corrected chi connectivity index (χ4v) is 8.54. The van der Waals surface area contributed by atoms with Gasteiger partial charge in [-0.1, -0.05) is 12.1 Å². The molecule has 2 aliphatic rings. The van der Waals surface area contributed by atoms with Crippen molar-refractivity contribution >= 4 is 21.4 Å². The highest BCUT2D eigenvalue weighted by Gasteiger charge is 2.74. The number of hydrogen-bond donors (Lipinski definition) is 2. The minimum absolute atomic E-state index is 0.0652. The third-order valence-corrected chi connectivity index (χ3v) is 10.7. The highest BCUT2D eigenvalue weighted by atomic mass is 32.2. The average molecular weight is 634 g/mol. The molecular formula is C28H23F8N3O3S. The number of pyridine rings is 1. The van der Waals surface area contributed by atoms with Gasteiger partial charge in [0, 0.05) is 42.1 Å². The van der Waals surface area contributed by atoms with Gasteiger partial charge in [-0.2, -0.15) is 26.3 Å². The first-order valence-electron chi connectivity index (χ1n) is 12.9. The van der Waals surface area contributed by atoms with Crippen molar-refractivity contribution in [2.24, 2.45) is 5.92 Å². The van der Waals surface area contributed by atoms with Gasteiger partial charge in [0.05, 0.1) is 11.3 Å². The Hall–Kier alpha value is -3.75. The summed E-state index contributed by atoms with van der Waals surface area (Å²) < 4.78 is 136. The van der Waals surface area contributed by atoms with Gasteiger partial charge in [0.2, 0.25) is 5.91 Å². The van der Waals surface area contributed by atoms with Crippen LogP contribution in [0.2, 0.25) is 0 Å². The Morgan fingerprint density at radius 1 is 0.953 bits per heavy atom. The first-order valence-corrected chi connectivity index (χ1v) is 14.4. The van der Waals surface area contributed by atoms with Crippen molar-refractivity contribution in [1.29, 1.82) is 0 Å². The van der Waals surface area contributed by atoms with Gasteiger partial charge in [0.15, 0.2) is 9.84 Å². The van der Waals surface area contributed by atoms with Crippen LogP contribution in [0, 0.1) is 11.7 Å². The Morgan fingerprint density at radius 3 is 2.19 bits per heavy atom. The predicted molar refractivity (Wildman–Crippen MR) is 138 cm³/mol. The van der Waals surface area contributed by atoms with Crippen LogP contribution < -0.4 is 10.6 Å². The number of benzene rings is 2. The number of carbonyl (C=O) groups excluding carboxylic acids is 1. The molecule has 3 atom stereocenters. The Labute approximate surface area is 240 Å². The number of nitrogens with one attached hydrogen (secondary N) is 2. The first-order chi connectivity index (χ1) is 20.0. The summed E-state index contributed by atoms with van der Waals surface area (Å²) in [4.78, 5) is 16.4. The summed E-state index contributed by atoms with van der Waals surface area (Å²) in [7, 11) is -4.53. The van der Waals surface area contributed by atoms with Crippen LogP contribution in [0.25, 0.3) is 0 Å². The van der Waals surface area contributed by atoms with Crippen molar-refractivity contribution in [3.8, 4) is 0 Å². The number of halogens is 8. The van der Waals surface area contributed by atoms with Gasteiger partial charge >= 0.3 is 18.0 Å². The Morgan fingerprint density at radius 2 is 1.58 bits per heavy atom. The number of hydrogen-bond acceptors (Lipinski definition) is 5. The molecule has 6 nitrogen and oxygen atoms in total. The topological polar surface area (TPSA) is 88.2 Å². The number of aromatic nitrogens is 1. The van der Waals surface area contributed by atoms with Crippen LogP contribution in [0.5, 0.6) is 0 Å². The van der Waals surface area contributed by atoms with Gasteiger partial charge in [-0.25, -0.2) is 17.2 Å². The quantitative estimate of drug-likeness (QED) is 0.267. The molecule has 1 saturated carbocycles. The molecule has 1 aliphatic heterocycles. The number of nitrogens with zero attached hydrogens (tertiary/aromatic N) is 1. The molecule has 0 spiro atoms. The lowest BCUT2D eigenvalue weighted by Crippen LogP contribution is -2.53. The highest BCUT2D eigenvalue weighted by molar-refractivity contribution is 7.92. The van der Waals surface area contributed by atoms with E-state index in [4.69, 9.17) is 0 Å². The van der Waals surface area contributed by atoms with Gasteiger partial charge in [0.25, 0.3) is 0 Å². The van der Waals surface area contributed by atoms with E-state index in [-0.39, 0.29) is 42.3 Å². The SMILES string of the molecule is O=C(Cc1ccncc1)N[C@@H]1CCC2(S(=O)(=O)c3ccc(F)cc3)c3ccc(C(F)(C(F)(F)F)C(F)(F)F)cc3NC[C@@H]12. The average Bonchev–Trinajstić information content (AvgIpc) is 3.31. The van der Waals surface area contributed by atoms with Crippen molar-refractivity contribution in [3.63, 3.8) is 0 Å². The normalized spacial score (nSPS) is 22.3. The van der Waals surface area contributed by atoms with E-state index in [0.29, 0.717) is 11.6 Å². The van der Waals surface area contributed by atoms with Crippen LogP contribution in [-0.2, 0) is 31.5 Å². The van der Waals surface area contributed by atoms with Crippen molar-refractivity contribution in [1.82, 2.24) is 10.3 Å². The van der Waals surface area contributed by atoms with Crippen LogP contribution in [-0.4, -0.2) is 44.2 Å². The van der Waals surface area contributed by atoms with E-state index < -0.39 is 67.5 Å². The van der Waals surface area contributed by atoms with Gasteiger partial charge in [-0.15, -0.1) is 0 Å². The van der Waals surface area contributed by atoms with Crippen molar-refractivity contribution in [2.45, 2.75) is 53.0 Å². The Bertz CT molecular complexity index is 1620. The lowest BCUT2D eigenvalue weighted by atomic mass is 9.80. The molecule has 2 N–H and O–H groups in total. The fraction of sp³-hybridized carbons (Fsp3) is 0.357. The Kier molecular flexibility index (Phi) is 7.46. The molecule has 0 bridgehead atoms. The van der Waals surface area contributed by atoms with E-state index in [1.165, 1.54) is 12.4 Å². The van der Waals surface area contributed by atoms with E-state index in [2.05, 4.69) is 15.6 Å². The summed E-state index contributed by atoms with van der Waals surface area (Å²) in [5.74, 6) is -2.15. The van der Waals surface area contributed by atoms with Crippen molar-refractivity contribution in [3.05, 3.63) is 89.5 Å². The van der Waals surface area contributed by atoms with E-state index in [9.17, 15) is 48.3 Å². The molecule has 1 aliphatic carbocycles. The molecule has 3 aromatic rings. The monoisotopic (exact) mass is 633 g/mol. The van der Waals surface area contributed by atoms with E-state index >= 15 is 0 Å². The van der Waals surface area contributed by atoms with Crippen LogP contribution in [0.15, 0.2) is 71.9 Å². The summed E-state index contributed by atoms with van der Waals surface area (Å²) in [5.41, 5.74) is -7.49. The number of rotatable bonds is 6. The largest absolute Gasteiger partial charge is 0.435 e. The summed E-state index contributed by atoms with van der Waals surface area (Å²) >= 11 is 0. The minimum Gasteiger partial charge on any atom is -0.384 e. The Balaban J connectivity index is 1.61. The molecule has 1 fully saturated rings. The second kappa shape index (κ2) is 10.5. The predicted octanol–water partition coefficient (Wildman–Crippen LogP) is 5.74. The lowest BCUT2D eigenvalue weighted by molar-refractivity contribution is -0.348. The number of anilines is 1. The third kappa shape index (κ3) is 4.90. The maximum absolute atomic E-state index is 14.9. The highest BCUT2D eigenvalue weighted by Crippen LogP contribution is 2.58.